The fourth-order valence-corrected chi connectivity index (χ4v) is 11.0. The lowest BCUT2D eigenvalue weighted by Gasteiger charge is -2.62. The highest BCUT2D eigenvalue weighted by Crippen LogP contribution is 2.65. The summed E-state index contributed by atoms with van der Waals surface area (Å²) >= 11 is 0. The molecule has 0 amide bonds. The maximum absolute atomic E-state index is 15.2. The molecule has 8 aliphatic heterocycles. The smallest absolute Gasteiger partial charge is 0.449 e. The van der Waals surface area contributed by atoms with Gasteiger partial charge in [0.25, 0.3) is 5.79 Å². The summed E-state index contributed by atoms with van der Waals surface area (Å²) in [5, 5.41) is 0. The first kappa shape index (κ1) is 36.4. The average molecular weight is 741 g/mol. The molecule has 51 heavy (non-hydrogen) atoms. The van der Waals surface area contributed by atoms with Gasteiger partial charge in [0.1, 0.15) is 0 Å². The van der Waals surface area contributed by atoms with Crippen molar-refractivity contribution in [3.8, 4) is 0 Å². The molecule has 2 spiro atoms. The number of hydrogen-bond donors (Lipinski definition) is 0. The molecule has 10 aliphatic rings. The van der Waals surface area contributed by atoms with Crippen LogP contribution in [0.25, 0.3) is 0 Å². The maximum atomic E-state index is 15.2. The van der Waals surface area contributed by atoms with E-state index in [2.05, 4.69) is 0 Å². The number of allylic oxidation sites excluding steroid dienone is 1. The molecule has 2 saturated carbocycles. The SMILES string of the molecule is C[C@@H]1CC[C@H]2C(C(=O)CCCO[C@@]3(C(F)(F)F)O[C@@H]4O[C@]5(C)CCC6[C@H](C)CC[C@@H]([C@H]3C)[C@]64OO5)=C(C(F)(F)F)O[C@@H]3O[C@@]4(C)CCC1[C@]32OO4. The van der Waals surface area contributed by atoms with Crippen molar-refractivity contribution in [3.05, 3.63) is 11.3 Å². The van der Waals surface area contributed by atoms with Gasteiger partial charge >= 0.3 is 12.4 Å². The van der Waals surface area contributed by atoms with Gasteiger partial charge in [0.15, 0.2) is 23.3 Å². The van der Waals surface area contributed by atoms with E-state index in [0.29, 0.717) is 44.9 Å². The van der Waals surface area contributed by atoms with E-state index in [1.54, 1.807) is 13.8 Å². The van der Waals surface area contributed by atoms with E-state index in [1.807, 2.05) is 13.8 Å². The first-order valence-electron chi connectivity index (χ1n) is 18.3. The second kappa shape index (κ2) is 11.7. The summed E-state index contributed by atoms with van der Waals surface area (Å²) < 4.78 is 119. The summed E-state index contributed by atoms with van der Waals surface area (Å²) in [4.78, 5) is 37.2. The topological polar surface area (TPSA) is 100 Å². The molecule has 7 saturated heterocycles. The Labute approximate surface area is 291 Å². The molecule has 2 aliphatic carbocycles. The molecular weight excluding hydrogens is 694 g/mol. The van der Waals surface area contributed by atoms with Crippen LogP contribution in [0.15, 0.2) is 11.3 Å². The number of halogens is 6. The van der Waals surface area contributed by atoms with Crippen LogP contribution in [-0.2, 0) is 48.0 Å². The van der Waals surface area contributed by atoms with E-state index in [1.165, 1.54) is 6.92 Å². The third kappa shape index (κ3) is 5.16. The van der Waals surface area contributed by atoms with E-state index in [0.717, 1.165) is 0 Å². The number of hydrogen-bond acceptors (Lipinski definition) is 10. The summed E-state index contributed by atoms with van der Waals surface area (Å²) in [5.41, 5.74) is -3.38. The molecule has 10 nitrogen and oxygen atoms in total. The van der Waals surface area contributed by atoms with Crippen molar-refractivity contribution in [1.82, 2.24) is 0 Å². The van der Waals surface area contributed by atoms with E-state index >= 15 is 13.2 Å². The summed E-state index contributed by atoms with van der Waals surface area (Å²) in [6.07, 6.45) is -10.2. The quantitative estimate of drug-likeness (QED) is 0.154. The molecule has 0 aromatic carbocycles. The van der Waals surface area contributed by atoms with E-state index in [9.17, 15) is 18.0 Å². The minimum atomic E-state index is -5.05. The fraction of sp³-hybridized carbons (Fsp3) is 0.914. The number of rotatable bonds is 6. The lowest BCUT2D eigenvalue weighted by molar-refractivity contribution is -0.598. The van der Waals surface area contributed by atoms with Gasteiger partial charge in [0, 0.05) is 48.5 Å². The molecule has 9 fully saturated rings. The van der Waals surface area contributed by atoms with Crippen LogP contribution in [0.4, 0.5) is 26.3 Å². The van der Waals surface area contributed by atoms with Crippen molar-refractivity contribution in [2.75, 3.05) is 6.61 Å². The maximum Gasteiger partial charge on any atom is 0.449 e. The second-order valence-electron chi connectivity index (χ2n) is 16.6. The lowest BCUT2D eigenvalue weighted by atomic mass is 9.57. The van der Waals surface area contributed by atoms with Crippen LogP contribution in [0.1, 0.15) is 98.8 Å². The van der Waals surface area contributed by atoms with Crippen molar-refractivity contribution < 1.29 is 74.4 Å². The minimum absolute atomic E-state index is 0.0160. The molecule has 0 aromatic heterocycles. The normalized spacial score (nSPS) is 50.5. The molecule has 4 bridgehead atoms. The van der Waals surface area contributed by atoms with Crippen LogP contribution >= 0.6 is 0 Å². The zero-order valence-corrected chi connectivity index (χ0v) is 29.3. The number of carbonyl (C=O) groups excluding carboxylic acids is 1. The van der Waals surface area contributed by atoms with Crippen molar-refractivity contribution in [1.29, 1.82) is 0 Å². The first-order chi connectivity index (χ1) is 23.8. The zero-order chi connectivity index (χ0) is 36.6. The highest BCUT2D eigenvalue weighted by atomic mass is 19.4. The van der Waals surface area contributed by atoms with Gasteiger partial charge < -0.3 is 23.7 Å². The highest BCUT2D eigenvalue weighted by molar-refractivity contribution is 5.97. The van der Waals surface area contributed by atoms with Crippen LogP contribution in [0.5, 0.6) is 0 Å². The van der Waals surface area contributed by atoms with E-state index < -0.39 is 101 Å². The Morgan fingerprint density at radius 3 is 1.96 bits per heavy atom. The van der Waals surface area contributed by atoms with Gasteiger partial charge in [0.05, 0.1) is 6.61 Å². The highest BCUT2D eigenvalue weighted by Gasteiger charge is 2.77. The Morgan fingerprint density at radius 1 is 0.745 bits per heavy atom. The van der Waals surface area contributed by atoms with Crippen LogP contribution in [0.3, 0.4) is 0 Å². The summed E-state index contributed by atoms with van der Waals surface area (Å²) in [7, 11) is 0. The van der Waals surface area contributed by atoms with Gasteiger partial charge in [-0.3, -0.25) is 4.79 Å². The van der Waals surface area contributed by atoms with Gasteiger partial charge in [0.2, 0.25) is 23.6 Å². The molecule has 16 heteroatoms. The molecule has 2 unspecified atom stereocenters. The number of Topliss-reactive ketones (excluding diaryl/α,β-unsaturated/α-hetero) is 1. The molecule has 0 N–H and O–H groups in total. The van der Waals surface area contributed by atoms with E-state index in [4.69, 9.17) is 43.2 Å². The van der Waals surface area contributed by atoms with Crippen LogP contribution in [0, 0.1) is 41.4 Å². The molecule has 8 heterocycles. The van der Waals surface area contributed by atoms with Crippen molar-refractivity contribution in [2.24, 2.45) is 41.4 Å². The number of ether oxygens (including phenoxy) is 5. The average Bonchev–Trinajstić information content (AvgIpc) is 3.42. The number of ketones is 1. The third-order valence-corrected chi connectivity index (χ3v) is 13.6. The van der Waals surface area contributed by atoms with Crippen molar-refractivity contribution >= 4 is 5.78 Å². The number of alkyl halides is 6. The van der Waals surface area contributed by atoms with Gasteiger partial charge in [-0.25, -0.2) is 19.6 Å². The third-order valence-electron chi connectivity index (χ3n) is 13.6. The monoisotopic (exact) mass is 740 g/mol. The minimum Gasteiger partial charge on any atom is -0.456 e. The standard InChI is InChI=1S/C35H46F6O10/c1-17-8-10-22-19(3)33(35(39,40)41,47-28-31(22)20(17)12-15-30(5,46-28)49-50-31)43-16-6-7-24(42)25-23-11-9-18(2)21-13-14-29(4)45-27(32(21,23)51-48-29)44-26(25)34(36,37)38/h17-23,27-28H,6-16H2,1-5H3/t17-,18-,19-,20?,21?,22+,23+,27-,28+,29-,30+,31-,32-,33-/m1/s1. The predicted octanol–water partition coefficient (Wildman–Crippen LogP) is 7.56. The first-order valence-corrected chi connectivity index (χ1v) is 18.3. The van der Waals surface area contributed by atoms with Crippen molar-refractivity contribution in [2.45, 2.75) is 152 Å². The van der Waals surface area contributed by atoms with Gasteiger partial charge in [-0.1, -0.05) is 20.8 Å². The van der Waals surface area contributed by atoms with Crippen molar-refractivity contribution in [3.63, 3.8) is 0 Å². The van der Waals surface area contributed by atoms with Gasteiger partial charge in [-0.2, -0.15) is 26.3 Å². The number of carbonyl (C=O) groups is 1. The Bertz CT molecular complexity index is 1460. The molecule has 10 rings (SSSR count). The van der Waals surface area contributed by atoms with Crippen LogP contribution in [-0.4, -0.2) is 65.9 Å². The Balaban J connectivity index is 1.05. The largest absolute Gasteiger partial charge is 0.456 e. The summed E-state index contributed by atoms with van der Waals surface area (Å²) in [6, 6.07) is 0. The summed E-state index contributed by atoms with van der Waals surface area (Å²) in [6.45, 7) is 7.96. The molecule has 0 aromatic rings. The fourth-order valence-electron chi connectivity index (χ4n) is 11.0. The molecule has 0 radical (unpaired) electrons. The molecule has 14 atom stereocenters. The van der Waals surface area contributed by atoms with Crippen LogP contribution in [0.2, 0.25) is 0 Å². The second-order valence-corrected chi connectivity index (χ2v) is 16.6. The van der Waals surface area contributed by atoms with Gasteiger partial charge in [-0.05, 0) is 76.5 Å². The number of fused-ring (bicyclic) bond motifs is 4. The van der Waals surface area contributed by atoms with E-state index in [-0.39, 0.29) is 36.5 Å². The molecule has 288 valence electrons. The predicted molar refractivity (Wildman–Crippen MR) is 159 cm³/mol. The summed E-state index contributed by atoms with van der Waals surface area (Å²) in [5.74, 6) is -11.6. The Hall–Kier alpha value is -1.53. The van der Waals surface area contributed by atoms with Crippen LogP contribution < -0.4 is 0 Å². The lowest BCUT2D eigenvalue weighted by Crippen LogP contribution is -2.76. The Morgan fingerprint density at radius 2 is 1.33 bits per heavy atom. The zero-order valence-electron chi connectivity index (χ0n) is 29.3. The molecular formula is C35H46F6O10. The van der Waals surface area contributed by atoms with Gasteiger partial charge in [-0.15, -0.1) is 0 Å². The Kier molecular flexibility index (Phi) is 8.39.